The van der Waals surface area contributed by atoms with Gasteiger partial charge in [0.1, 0.15) is 11.2 Å². The summed E-state index contributed by atoms with van der Waals surface area (Å²) in [5, 5.41) is 0.421. The fourth-order valence-corrected chi connectivity index (χ4v) is 2.81. The minimum atomic E-state index is -0.603. The first kappa shape index (κ1) is 16.9. The Morgan fingerprint density at radius 3 is 2.64 bits per heavy atom. The van der Waals surface area contributed by atoms with Crippen molar-refractivity contribution in [2.24, 2.45) is 0 Å². The van der Waals surface area contributed by atoms with Gasteiger partial charge in [-0.2, -0.15) is 0 Å². The van der Waals surface area contributed by atoms with Crippen molar-refractivity contribution in [1.29, 1.82) is 0 Å². The van der Waals surface area contributed by atoms with Crippen molar-refractivity contribution in [2.45, 2.75) is 27.3 Å². The Kier molecular flexibility index (Phi) is 4.65. The van der Waals surface area contributed by atoms with Crippen LogP contribution in [0.4, 0.5) is 0 Å². The van der Waals surface area contributed by atoms with Crippen LogP contribution >= 0.6 is 0 Å². The average Bonchev–Trinajstić information content (AvgIpc) is 2.59. The first-order valence-electron chi connectivity index (χ1n) is 8.23. The van der Waals surface area contributed by atoms with E-state index < -0.39 is 5.97 Å². The molecule has 3 aromatic rings. The highest BCUT2D eigenvalue weighted by Gasteiger charge is 2.17. The molecule has 0 N–H and O–H groups in total. The van der Waals surface area contributed by atoms with Gasteiger partial charge in [0.05, 0.1) is 12.0 Å². The molecule has 1 aromatic carbocycles. The predicted molar refractivity (Wildman–Crippen MR) is 97.0 cm³/mol. The van der Waals surface area contributed by atoms with Crippen molar-refractivity contribution >= 4 is 17.0 Å². The van der Waals surface area contributed by atoms with Gasteiger partial charge < -0.3 is 9.30 Å². The van der Waals surface area contributed by atoms with E-state index in [4.69, 9.17) is 4.74 Å². The van der Waals surface area contributed by atoms with Crippen molar-refractivity contribution < 1.29 is 9.53 Å². The molecule has 0 radical (unpaired) electrons. The van der Waals surface area contributed by atoms with E-state index in [0.717, 1.165) is 16.8 Å². The number of fused-ring (bicyclic) bond motifs is 1. The topological polar surface area (TPSA) is 61.2 Å². The van der Waals surface area contributed by atoms with Crippen LogP contribution in [0.5, 0.6) is 0 Å². The van der Waals surface area contributed by atoms with E-state index >= 15 is 0 Å². The molecule has 0 amide bonds. The van der Waals surface area contributed by atoms with Gasteiger partial charge in [-0.25, -0.2) is 9.78 Å². The van der Waals surface area contributed by atoms with Crippen molar-refractivity contribution in [3.63, 3.8) is 0 Å². The zero-order valence-electron chi connectivity index (χ0n) is 14.6. The molecule has 128 valence electrons. The molecule has 0 aliphatic carbocycles. The van der Waals surface area contributed by atoms with Crippen molar-refractivity contribution in [1.82, 2.24) is 9.55 Å². The van der Waals surface area contributed by atoms with Crippen LogP contribution in [0.1, 0.15) is 34.1 Å². The van der Waals surface area contributed by atoms with Gasteiger partial charge in [-0.15, -0.1) is 0 Å². The molecular formula is C20H20N2O3. The maximum absolute atomic E-state index is 12.7. The zero-order valence-corrected chi connectivity index (χ0v) is 14.6. The fourth-order valence-electron chi connectivity index (χ4n) is 2.81. The number of hydrogen-bond donors (Lipinski definition) is 0. The Labute approximate surface area is 145 Å². The fraction of sp³-hybridized carbons (Fsp3) is 0.250. The first-order chi connectivity index (χ1) is 12.0. The number of aryl methyl sites for hydroxylation is 2. The second kappa shape index (κ2) is 6.89. The maximum Gasteiger partial charge on any atom is 0.343 e. The van der Waals surface area contributed by atoms with Crippen LogP contribution in [0.2, 0.25) is 0 Å². The number of pyridine rings is 2. The lowest BCUT2D eigenvalue weighted by Gasteiger charge is -2.14. The van der Waals surface area contributed by atoms with Gasteiger partial charge in [0.2, 0.25) is 5.43 Å². The number of carbonyl (C=O) groups excluding carboxylic acids is 1. The molecule has 0 saturated heterocycles. The van der Waals surface area contributed by atoms with Crippen molar-refractivity contribution in [3.8, 4) is 0 Å². The third-order valence-corrected chi connectivity index (χ3v) is 4.16. The molecule has 5 heteroatoms. The second-order valence-corrected chi connectivity index (χ2v) is 5.97. The van der Waals surface area contributed by atoms with E-state index in [0.29, 0.717) is 17.6 Å². The lowest BCUT2D eigenvalue weighted by molar-refractivity contribution is 0.0524. The van der Waals surface area contributed by atoms with Crippen molar-refractivity contribution in [3.05, 3.63) is 75.2 Å². The molecule has 0 unspecified atom stereocenters. The highest BCUT2D eigenvalue weighted by molar-refractivity contribution is 5.93. The Hall–Kier alpha value is -2.95. The highest BCUT2D eigenvalue weighted by atomic mass is 16.5. The summed E-state index contributed by atoms with van der Waals surface area (Å²) in [6.07, 6.45) is 1.56. The molecule has 25 heavy (non-hydrogen) atoms. The Balaban J connectivity index is 2.23. The molecule has 0 spiro atoms. The van der Waals surface area contributed by atoms with Crippen LogP contribution in [-0.4, -0.2) is 22.1 Å². The normalized spacial score (nSPS) is 10.8. The second-order valence-electron chi connectivity index (χ2n) is 5.97. The number of hydrogen-bond acceptors (Lipinski definition) is 4. The van der Waals surface area contributed by atoms with Crippen molar-refractivity contribution in [2.75, 3.05) is 6.61 Å². The number of carbonyl (C=O) groups is 1. The number of rotatable bonds is 4. The molecule has 0 aliphatic rings. The summed E-state index contributed by atoms with van der Waals surface area (Å²) < 4.78 is 6.88. The minimum Gasteiger partial charge on any atom is -0.462 e. The monoisotopic (exact) mass is 336 g/mol. The van der Waals surface area contributed by atoms with E-state index in [-0.39, 0.29) is 17.6 Å². The number of nitrogens with zero attached hydrogens (tertiary/aromatic N) is 2. The zero-order chi connectivity index (χ0) is 18.0. The standard InChI is InChI=1S/C20H20N2O3/c1-4-25-20(24)17-12-22(11-15-8-6-5-7-13(15)2)19-16(18(17)23)10-9-14(3)21-19/h5-10,12H,4,11H2,1-3H3. The summed E-state index contributed by atoms with van der Waals surface area (Å²) in [6.45, 7) is 6.37. The molecule has 0 aliphatic heterocycles. The van der Waals surface area contributed by atoms with Gasteiger partial charge in [0.15, 0.2) is 0 Å². The Morgan fingerprint density at radius 2 is 1.92 bits per heavy atom. The van der Waals surface area contributed by atoms with E-state index in [1.165, 1.54) is 0 Å². The van der Waals surface area contributed by atoms with E-state index in [2.05, 4.69) is 4.98 Å². The van der Waals surface area contributed by atoms with Crippen LogP contribution in [0, 0.1) is 13.8 Å². The number of ether oxygens (including phenoxy) is 1. The van der Waals surface area contributed by atoms with Gasteiger partial charge in [0, 0.05) is 18.4 Å². The van der Waals surface area contributed by atoms with E-state index in [1.807, 2.05) is 42.7 Å². The van der Waals surface area contributed by atoms with Crippen LogP contribution in [0.25, 0.3) is 11.0 Å². The molecule has 2 heterocycles. The maximum atomic E-state index is 12.7. The van der Waals surface area contributed by atoms with Gasteiger partial charge in [-0.1, -0.05) is 24.3 Å². The molecule has 0 fully saturated rings. The van der Waals surface area contributed by atoms with Crippen LogP contribution in [-0.2, 0) is 11.3 Å². The Morgan fingerprint density at radius 1 is 1.16 bits per heavy atom. The summed E-state index contributed by atoms with van der Waals surface area (Å²) >= 11 is 0. The SMILES string of the molecule is CCOC(=O)c1cn(Cc2ccccc2C)c2nc(C)ccc2c1=O. The molecule has 0 bridgehead atoms. The van der Waals surface area contributed by atoms with Crippen LogP contribution in [0.15, 0.2) is 47.4 Å². The quantitative estimate of drug-likeness (QED) is 0.686. The minimum absolute atomic E-state index is 0.0357. The summed E-state index contributed by atoms with van der Waals surface area (Å²) in [7, 11) is 0. The van der Waals surface area contributed by atoms with Gasteiger partial charge >= 0.3 is 5.97 Å². The summed E-state index contributed by atoms with van der Waals surface area (Å²) in [5.41, 5.74) is 3.32. The number of esters is 1. The Bertz CT molecular complexity index is 1010. The molecule has 0 atom stereocenters. The largest absolute Gasteiger partial charge is 0.462 e. The molecular weight excluding hydrogens is 316 g/mol. The average molecular weight is 336 g/mol. The van der Waals surface area contributed by atoms with E-state index in [9.17, 15) is 9.59 Å². The first-order valence-corrected chi connectivity index (χ1v) is 8.23. The summed E-state index contributed by atoms with van der Waals surface area (Å²) in [6, 6.07) is 11.5. The summed E-state index contributed by atoms with van der Waals surface area (Å²) in [4.78, 5) is 29.4. The lowest BCUT2D eigenvalue weighted by atomic mass is 10.1. The van der Waals surface area contributed by atoms with E-state index in [1.54, 1.807) is 25.3 Å². The predicted octanol–water partition coefficient (Wildman–Crippen LogP) is 3.24. The van der Waals surface area contributed by atoms with Crippen LogP contribution in [0.3, 0.4) is 0 Å². The third kappa shape index (κ3) is 3.31. The molecule has 0 saturated carbocycles. The summed E-state index contributed by atoms with van der Waals surface area (Å²) in [5.74, 6) is -0.603. The van der Waals surface area contributed by atoms with Gasteiger partial charge in [0.25, 0.3) is 0 Å². The molecule has 2 aromatic heterocycles. The number of aromatic nitrogens is 2. The third-order valence-electron chi connectivity index (χ3n) is 4.16. The van der Waals surface area contributed by atoms with Gasteiger partial charge in [-0.05, 0) is 44.0 Å². The van der Waals surface area contributed by atoms with Crippen LogP contribution < -0.4 is 5.43 Å². The smallest absolute Gasteiger partial charge is 0.343 e. The molecule has 5 nitrogen and oxygen atoms in total. The number of benzene rings is 1. The highest BCUT2D eigenvalue weighted by Crippen LogP contribution is 2.16. The molecule has 3 rings (SSSR count). The van der Waals surface area contributed by atoms with Gasteiger partial charge in [-0.3, -0.25) is 4.79 Å². The lowest BCUT2D eigenvalue weighted by Crippen LogP contribution is -2.22.